The van der Waals surface area contributed by atoms with Gasteiger partial charge in [0.15, 0.2) is 11.6 Å². The smallest absolute Gasteiger partial charge is 0.162 e. The zero-order chi connectivity index (χ0) is 19.9. The van der Waals surface area contributed by atoms with Crippen LogP contribution in [0.5, 0.6) is 0 Å². The summed E-state index contributed by atoms with van der Waals surface area (Å²) < 4.78 is 6.75. The fourth-order valence-electron chi connectivity index (χ4n) is 4.19. The zero-order valence-corrected chi connectivity index (χ0v) is 17.3. The average molecular weight is 419 g/mol. The molecule has 2 aliphatic heterocycles. The number of aromatic nitrogens is 4. The van der Waals surface area contributed by atoms with E-state index in [1.165, 1.54) is 10.5 Å². The van der Waals surface area contributed by atoms with Crippen LogP contribution in [-0.2, 0) is 4.74 Å². The fourth-order valence-corrected chi connectivity index (χ4v) is 5.37. The number of H-pyrrole nitrogens is 1. The number of benzene rings is 1. The second-order valence-electron chi connectivity index (χ2n) is 7.62. The van der Waals surface area contributed by atoms with Crippen molar-refractivity contribution in [1.29, 1.82) is 0 Å². The standard InChI is InChI=1S/C22H22N6OS/c1-2-15(16-13-24-27-17(16)3-1)21-25-18-12-19(14-4-6-23-7-5-14)30-20(18)22(26-21)28-8-10-29-11-9-28/h1-4,12-13,23H,5-11H2,(H,24,27). The lowest BCUT2D eigenvalue weighted by Crippen LogP contribution is -2.36. The molecule has 0 unspecified atom stereocenters. The Labute approximate surface area is 177 Å². The molecule has 1 saturated heterocycles. The third-order valence-corrected chi connectivity index (χ3v) is 6.97. The van der Waals surface area contributed by atoms with E-state index < -0.39 is 0 Å². The molecule has 3 aromatic heterocycles. The van der Waals surface area contributed by atoms with Gasteiger partial charge in [0.05, 0.1) is 35.1 Å². The Kier molecular flexibility index (Phi) is 4.48. The highest BCUT2D eigenvalue weighted by Crippen LogP contribution is 2.38. The van der Waals surface area contributed by atoms with Crippen LogP contribution in [0.25, 0.3) is 38.1 Å². The molecule has 0 radical (unpaired) electrons. The number of hydrogen-bond acceptors (Lipinski definition) is 7. The summed E-state index contributed by atoms with van der Waals surface area (Å²) in [6, 6.07) is 8.36. The highest BCUT2D eigenvalue weighted by Gasteiger charge is 2.22. The van der Waals surface area contributed by atoms with Crippen molar-refractivity contribution in [1.82, 2.24) is 25.5 Å². The fraction of sp³-hybridized carbons (Fsp3) is 0.318. The van der Waals surface area contributed by atoms with Gasteiger partial charge >= 0.3 is 0 Å². The highest BCUT2D eigenvalue weighted by atomic mass is 32.1. The Morgan fingerprint density at radius 2 is 2.07 bits per heavy atom. The molecule has 5 heterocycles. The van der Waals surface area contributed by atoms with E-state index >= 15 is 0 Å². The normalized spacial score (nSPS) is 17.6. The first-order chi connectivity index (χ1) is 14.9. The van der Waals surface area contributed by atoms with Crippen LogP contribution >= 0.6 is 11.3 Å². The van der Waals surface area contributed by atoms with Crippen molar-refractivity contribution in [2.24, 2.45) is 0 Å². The summed E-state index contributed by atoms with van der Waals surface area (Å²) in [5, 5.41) is 11.7. The van der Waals surface area contributed by atoms with Gasteiger partial charge in [-0.05, 0) is 30.7 Å². The predicted molar refractivity (Wildman–Crippen MR) is 121 cm³/mol. The van der Waals surface area contributed by atoms with Gasteiger partial charge in [0.25, 0.3) is 0 Å². The van der Waals surface area contributed by atoms with Crippen LogP contribution in [0.2, 0.25) is 0 Å². The van der Waals surface area contributed by atoms with Crippen molar-refractivity contribution in [2.75, 3.05) is 44.3 Å². The zero-order valence-electron chi connectivity index (χ0n) is 16.5. The quantitative estimate of drug-likeness (QED) is 0.531. The van der Waals surface area contributed by atoms with Crippen LogP contribution in [-0.4, -0.2) is 59.6 Å². The minimum Gasteiger partial charge on any atom is -0.378 e. The number of thiophene rings is 1. The predicted octanol–water partition coefficient (Wildman–Crippen LogP) is 3.45. The summed E-state index contributed by atoms with van der Waals surface area (Å²) in [6.07, 6.45) is 5.20. The van der Waals surface area contributed by atoms with E-state index in [1.54, 1.807) is 0 Å². The van der Waals surface area contributed by atoms with Crippen molar-refractivity contribution < 1.29 is 4.74 Å². The van der Waals surface area contributed by atoms with Gasteiger partial charge < -0.3 is 15.0 Å². The molecular weight excluding hydrogens is 396 g/mol. The maximum atomic E-state index is 5.59. The molecule has 1 aromatic carbocycles. The second-order valence-corrected chi connectivity index (χ2v) is 8.67. The van der Waals surface area contributed by atoms with Crippen LogP contribution in [0, 0.1) is 0 Å². The lowest BCUT2D eigenvalue weighted by Gasteiger charge is -2.28. The third kappa shape index (κ3) is 3.08. The molecule has 152 valence electrons. The molecule has 7 nitrogen and oxygen atoms in total. The van der Waals surface area contributed by atoms with E-state index in [0.29, 0.717) is 0 Å². The molecule has 0 bridgehead atoms. The van der Waals surface area contributed by atoms with E-state index in [0.717, 1.165) is 84.1 Å². The first-order valence-corrected chi connectivity index (χ1v) is 11.2. The summed E-state index contributed by atoms with van der Waals surface area (Å²) >= 11 is 1.81. The molecule has 0 amide bonds. The second kappa shape index (κ2) is 7.46. The molecule has 8 heteroatoms. The maximum Gasteiger partial charge on any atom is 0.162 e. The first kappa shape index (κ1) is 18.0. The summed E-state index contributed by atoms with van der Waals surface area (Å²) in [5.74, 6) is 1.77. The summed E-state index contributed by atoms with van der Waals surface area (Å²) in [4.78, 5) is 13.7. The largest absolute Gasteiger partial charge is 0.378 e. The SMILES string of the molecule is C1=C(c2cc3nc(-c4cccc5[nH]ncc45)nc(N4CCOCC4)c3s2)CCNC1. The monoisotopic (exact) mass is 418 g/mol. The van der Waals surface area contributed by atoms with Gasteiger partial charge in [-0.1, -0.05) is 18.2 Å². The Bertz CT molecular complexity index is 1250. The Hall–Kier alpha value is -2.81. The molecule has 6 rings (SSSR count). The van der Waals surface area contributed by atoms with Crippen molar-refractivity contribution in [3.63, 3.8) is 0 Å². The molecule has 4 aromatic rings. The van der Waals surface area contributed by atoms with Crippen molar-refractivity contribution in [2.45, 2.75) is 6.42 Å². The highest BCUT2D eigenvalue weighted by molar-refractivity contribution is 7.20. The van der Waals surface area contributed by atoms with Crippen LogP contribution in [0.1, 0.15) is 11.3 Å². The molecule has 0 aliphatic carbocycles. The molecule has 1 fully saturated rings. The number of ether oxygens (including phenoxy) is 1. The number of nitrogens with one attached hydrogen (secondary N) is 2. The Morgan fingerprint density at radius 1 is 1.13 bits per heavy atom. The van der Waals surface area contributed by atoms with Crippen LogP contribution < -0.4 is 10.2 Å². The van der Waals surface area contributed by atoms with Crippen molar-refractivity contribution in [3.05, 3.63) is 41.4 Å². The number of aromatic amines is 1. The maximum absolute atomic E-state index is 5.59. The van der Waals surface area contributed by atoms with Gasteiger partial charge in [0.1, 0.15) is 0 Å². The van der Waals surface area contributed by atoms with Crippen LogP contribution in [0.3, 0.4) is 0 Å². The minimum absolute atomic E-state index is 0.729. The lowest BCUT2D eigenvalue weighted by molar-refractivity contribution is 0.122. The lowest BCUT2D eigenvalue weighted by atomic mass is 10.1. The first-order valence-electron chi connectivity index (χ1n) is 10.3. The summed E-state index contributed by atoms with van der Waals surface area (Å²) in [6.45, 7) is 5.11. The van der Waals surface area contributed by atoms with E-state index in [2.05, 4.69) is 38.6 Å². The summed E-state index contributed by atoms with van der Waals surface area (Å²) in [7, 11) is 0. The van der Waals surface area contributed by atoms with Crippen molar-refractivity contribution >= 4 is 43.8 Å². The third-order valence-electron chi connectivity index (χ3n) is 5.77. The van der Waals surface area contributed by atoms with Crippen LogP contribution in [0.15, 0.2) is 36.5 Å². The molecule has 0 spiro atoms. The Morgan fingerprint density at radius 3 is 2.93 bits per heavy atom. The topological polar surface area (TPSA) is 79.0 Å². The Balaban J connectivity index is 1.55. The van der Waals surface area contributed by atoms with Gasteiger partial charge in [-0.25, -0.2) is 9.97 Å². The number of nitrogens with zero attached hydrogens (tertiary/aromatic N) is 4. The molecular formula is C22H22N6OS. The van der Waals surface area contributed by atoms with Gasteiger partial charge in [0.2, 0.25) is 0 Å². The van der Waals surface area contributed by atoms with Gasteiger partial charge in [-0.15, -0.1) is 11.3 Å². The molecule has 0 atom stereocenters. The van der Waals surface area contributed by atoms with E-state index in [1.807, 2.05) is 29.7 Å². The van der Waals surface area contributed by atoms with Gasteiger partial charge in [0, 0.05) is 35.5 Å². The number of hydrogen-bond donors (Lipinski definition) is 2. The molecule has 0 saturated carbocycles. The van der Waals surface area contributed by atoms with E-state index in [9.17, 15) is 0 Å². The summed E-state index contributed by atoms with van der Waals surface area (Å²) in [5.41, 5.74) is 4.42. The average Bonchev–Trinajstić information content (AvgIpc) is 3.46. The van der Waals surface area contributed by atoms with E-state index in [4.69, 9.17) is 14.7 Å². The number of morpholine rings is 1. The van der Waals surface area contributed by atoms with Gasteiger partial charge in [-0.2, -0.15) is 5.10 Å². The van der Waals surface area contributed by atoms with Gasteiger partial charge in [-0.3, -0.25) is 5.10 Å². The van der Waals surface area contributed by atoms with E-state index in [-0.39, 0.29) is 0 Å². The minimum atomic E-state index is 0.729. The molecule has 30 heavy (non-hydrogen) atoms. The molecule has 2 N–H and O–H groups in total. The molecule has 2 aliphatic rings. The van der Waals surface area contributed by atoms with Crippen molar-refractivity contribution in [3.8, 4) is 11.4 Å². The van der Waals surface area contributed by atoms with Crippen LogP contribution in [0.4, 0.5) is 5.82 Å². The number of fused-ring (bicyclic) bond motifs is 2. The number of rotatable bonds is 3. The number of anilines is 1.